The van der Waals surface area contributed by atoms with Gasteiger partial charge >= 0.3 is 11.9 Å². The van der Waals surface area contributed by atoms with Crippen LogP contribution in [-0.2, 0) is 9.47 Å². The van der Waals surface area contributed by atoms with Crippen molar-refractivity contribution >= 4 is 46.3 Å². The summed E-state index contributed by atoms with van der Waals surface area (Å²) < 4.78 is 11.2. The third-order valence-electron chi connectivity index (χ3n) is 3.03. The van der Waals surface area contributed by atoms with Crippen molar-refractivity contribution in [2.24, 2.45) is 0 Å². The Labute approximate surface area is 159 Å². The van der Waals surface area contributed by atoms with Crippen molar-refractivity contribution in [3.63, 3.8) is 0 Å². The van der Waals surface area contributed by atoms with Gasteiger partial charge in [-0.2, -0.15) is 0 Å². The Morgan fingerprint density at radius 1 is 0.958 bits per heavy atom. The van der Waals surface area contributed by atoms with Crippen molar-refractivity contribution in [1.29, 1.82) is 0 Å². The Hall–Kier alpha value is -1.54. The molecule has 0 aliphatic rings. The maximum absolute atomic E-state index is 12.3. The van der Waals surface area contributed by atoms with Gasteiger partial charge in [0.1, 0.15) is 0 Å². The molecule has 0 spiro atoms. The molecular formula is C18H17IO4S. The molecule has 0 aliphatic carbocycles. The molecule has 0 N–H and O–H groups in total. The third kappa shape index (κ3) is 4.98. The average molecular weight is 456 g/mol. The Morgan fingerprint density at radius 2 is 1.58 bits per heavy atom. The highest BCUT2D eigenvalue weighted by Crippen LogP contribution is 2.32. The van der Waals surface area contributed by atoms with Crippen LogP contribution in [0.1, 0.15) is 34.6 Å². The van der Waals surface area contributed by atoms with Crippen LogP contribution < -0.4 is 0 Å². The van der Waals surface area contributed by atoms with E-state index in [4.69, 9.17) is 9.47 Å². The quantitative estimate of drug-likeness (QED) is 0.462. The lowest BCUT2D eigenvalue weighted by Crippen LogP contribution is -2.10. The zero-order valence-electron chi connectivity index (χ0n) is 13.4. The summed E-state index contributed by atoms with van der Waals surface area (Å²) in [6.45, 7) is 4.05. The van der Waals surface area contributed by atoms with Crippen molar-refractivity contribution < 1.29 is 19.1 Å². The fraction of sp³-hybridized carbons (Fsp3) is 0.222. The summed E-state index contributed by atoms with van der Waals surface area (Å²) >= 11 is 3.69. The molecule has 2 rings (SSSR count). The summed E-state index contributed by atoms with van der Waals surface area (Å²) in [5.74, 6) is -0.898. The Morgan fingerprint density at radius 3 is 2.21 bits per heavy atom. The number of esters is 2. The molecule has 6 heteroatoms. The lowest BCUT2D eigenvalue weighted by Gasteiger charge is -2.11. The maximum atomic E-state index is 12.3. The predicted octanol–water partition coefficient (Wildman–Crippen LogP) is 4.80. The number of hydrogen-bond donors (Lipinski definition) is 0. The molecule has 0 heterocycles. The minimum absolute atomic E-state index is 0.274. The molecule has 0 unspecified atom stereocenters. The van der Waals surface area contributed by atoms with E-state index in [0.29, 0.717) is 11.1 Å². The van der Waals surface area contributed by atoms with Crippen LogP contribution in [0, 0.1) is 3.57 Å². The number of halogens is 1. The normalized spacial score (nSPS) is 10.3. The number of benzene rings is 2. The van der Waals surface area contributed by atoms with Crippen molar-refractivity contribution in [3.8, 4) is 0 Å². The molecule has 0 amide bonds. The van der Waals surface area contributed by atoms with Crippen molar-refractivity contribution in [2.45, 2.75) is 23.6 Å². The molecular weight excluding hydrogens is 439 g/mol. The topological polar surface area (TPSA) is 52.6 Å². The second-order valence-electron chi connectivity index (χ2n) is 4.71. The monoisotopic (exact) mass is 456 g/mol. The van der Waals surface area contributed by atoms with Gasteiger partial charge in [-0.15, -0.1) is 0 Å². The molecule has 2 aromatic carbocycles. The van der Waals surface area contributed by atoms with Gasteiger partial charge in [-0.3, -0.25) is 0 Å². The van der Waals surface area contributed by atoms with Crippen LogP contribution in [0.3, 0.4) is 0 Å². The second-order valence-corrected chi connectivity index (χ2v) is 7.07. The molecule has 4 nitrogen and oxygen atoms in total. The predicted molar refractivity (Wildman–Crippen MR) is 102 cm³/mol. The fourth-order valence-corrected chi connectivity index (χ4v) is 3.23. The number of rotatable bonds is 6. The standard InChI is InChI=1S/C18H17IO4S/c1-3-22-17(20)12-5-10-16(15(11-12)18(21)23-4-2)24-14-8-6-13(19)7-9-14/h5-11H,3-4H2,1-2H3. The van der Waals surface area contributed by atoms with Gasteiger partial charge in [-0.1, -0.05) is 11.8 Å². The van der Waals surface area contributed by atoms with Crippen LogP contribution in [-0.4, -0.2) is 25.2 Å². The van der Waals surface area contributed by atoms with E-state index in [-0.39, 0.29) is 13.2 Å². The van der Waals surface area contributed by atoms with Crippen molar-refractivity contribution in [1.82, 2.24) is 0 Å². The first-order valence-electron chi connectivity index (χ1n) is 7.46. The number of hydrogen-bond acceptors (Lipinski definition) is 5. The van der Waals surface area contributed by atoms with E-state index in [0.717, 1.165) is 13.4 Å². The van der Waals surface area contributed by atoms with E-state index < -0.39 is 11.9 Å². The molecule has 24 heavy (non-hydrogen) atoms. The van der Waals surface area contributed by atoms with Crippen LogP contribution in [0.25, 0.3) is 0 Å². The molecule has 0 atom stereocenters. The molecule has 0 aromatic heterocycles. The first kappa shape index (κ1) is 18.8. The number of carbonyl (C=O) groups excluding carboxylic acids is 2. The summed E-state index contributed by atoms with van der Waals surface area (Å²) in [6.07, 6.45) is 0. The van der Waals surface area contributed by atoms with Crippen LogP contribution in [0.5, 0.6) is 0 Å². The molecule has 0 aliphatic heterocycles. The van der Waals surface area contributed by atoms with Gasteiger partial charge in [-0.25, -0.2) is 9.59 Å². The molecule has 0 saturated carbocycles. The lowest BCUT2D eigenvalue weighted by atomic mass is 10.1. The molecule has 0 saturated heterocycles. The zero-order valence-corrected chi connectivity index (χ0v) is 16.3. The first-order valence-corrected chi connectivity index (χ1v) is 9.36. The minimum atomic E-state index is -0.450. The van der Waals surface area contributed by atoms with Gasteiger partial charge in [0.15, 0.2) is 0 Å². The van der Waals surface area contributed by atoms with E-state index in [1.807, 2.05) is 24.3 Å². The van der Waals surface area contributed by atoms with Gasteiger partial charge in [0.05, 0.1) is 24.3 Å². The summed E-state index contributed by atoms with van der Waals surface area (Å²) in [5, 5.41) is 0. The highest BCUT2D eigenvalue weighted by molar-refractivity contribution is 14.1. The number of carbonyl (C=O) groups is 2. The summed E-state index contributed by atoms with van der Waals surface area (Å²) in [5.41, 5.74) is 0.706. The Balaban J connectivity index is 2.36. The molecule has 0 radical (unpaired) electrons. The second kappa shape index (κ2) is 9.08. The van der Waals surface area contributed by atoms with E-state index in [1.165, 1.54) is 17.8 Å². The van der Waals surface area contributed by atoms with Crippen LogP contribution in [0.4, 0.5) is 0 Å². The van der Waals surface area contributed by atoms with E-state index in [1.54, 1.807) is 26.0 Å². The summed E-state index contributed by atoms with van der Waals surface area (Å²) in [7, 11) is 0. The van der Waals surface area contributed by atoms with E-state index in [2.05, 4.69) is 22.6 Å². The van der Waals surface area contributed by atoms with Gasteiger partial charge in [0, 0.05) is 13.4 Å². The SMILES string of the molecule is CCOC(=O)c1ccc(Sc2ccc(I)cc2)c(C(=O)OCC)c1. The molecule has 0 fully saturated rings. The van der Waals surface area contributed by atoms with Crippen molar-refractivity contribution in [2.75, 3.05) is 13.2 Å². The smallest absolute Gasteiger partial charge is 0.339 e. The van der Waals surface area contributed by atoms with Gasteiger partial charge in [0.2, 0.25) is 0 Å². The maximum Gasteiger partial charge on any atom is 0.339 e. The summed E-state index contributed by atoms with van der Waals surface area (Å²) in [6, 6.07) is 12.9. The highest BCUT2D eigenvalue weighted by atomic mass is 127. The zero-order chi connectivity index (χ0) is 17.5. The van der Waals surface area contributed by atoms with Crippen LogP contribution in [0.15, 0.2) is 52.3 Å². The first-order chi connectivity index (χ1) is 11.5. The number of ether oxygens (including phenoxy) is 2. The molecule has 2 aromatic rings. The minimum Gasteiger partial charge on any atom is -0.462 e. The van der Waals surface area contributed by atoms with Gasteiger partial charge in [-0.05, 0) is 78.9 Å². The third-order valence-corrected chi connectivity index (χ3v) is 4.83. The fourth-order valence-electron chi connectivity index (χ4n) is 1.96. The largest absolute Gasteiger partial charge is 0.462 e. The van der Waals surface area contributed by atoms with Gasteiger partial charge < -0.3 is 9.47 Å². The van der Waals surface area contributed by atoms with E-state index in [9.17, 15) is 9.59 Å². The molecule has 0 bridgehead atoms. The Bertz CT molecular complexity index is 728. The van der Waals surface area contributed by atoms with Crippen molar-refractivity contribution in [3.05, 3.63) is 57.2 Å². The Kier molecular flexibility index (Phi) is 7.11. The molecule has 126 valence electrons. The highest BCUT2D eigenvalue weighted by Gasteiger charge is 2.17. The summed E-state index contributed by atoms with van der Waals surface area (Å²) in [4.78, 5) is 25.9. The average Bonchev–Trinajstić information content (AvgIpc) is 2.57. The van der Waals surface area contributed by atoms with Gasteiger partial charge in [0.25, 0.3) is 0 Å². The lowest BCUT2D eigenvalue weighted by molar-refractivity contribution is 0.0521. The van der Waals surface area contributed by atoms with Crippen LogP contribution in [0.2, 0.25) is 0 Å². The van der Waals surface area contributed by atoms with Crippen LogP contribution >= 0.6 is 34.4 Å². The van der Waals surface area contributed by atoms with E-state index >= 15 is 0 Å².